The van der Waals surface area contributed by atoms with Gasteiger partial charge < -0.3 is 10.6 Å². The first-order chi connectivity index (χ1) is 7.19. The summed E-state index contributed by atoms with van der Waals surface area (Å²) < 4.78 is 0. The Morgan fingerprint density at radius 3 is 2.73 bits per heavy atom. The zero-order valence-electron chi connectivity index (χ0n) is 10.0. The third kappa shape index (κ3) is 3.49. The number of hydrogen-bond donors (Lipinski definition) is 1. The van der Waals surface area contributed by atoms with Crippen molar-refractivity contribution in [2.75, 3.05) is 13.1 Å². The topological polar surface area (TPSA) is 46.3 Å². The molecule has 1 aliphatic heterocycles. The molecule has 0 bridgehead atoms. The highest BCUT2D eigenvalue weighted by molar-refractivity contribution is 5.79. The number of nitrogens with two attached hydrogens (primary N) is 1. The molecule has 2 atom stereocenters. The number of rotatable bonds is 5. The average molecular weight is 212 g/mol. The molecule has 0 aromatic heterocycles. The van der Waals surface area contributed by atoms with Gasteiger partial charge in [-0.3, -0.25) is 4.79 Å². The Labute approximate surface area is 93.0 Å². The van der Waals surface area contributed by atoms with Gasteiger partial charge in [0.15, 0.2) is 0 Å². The molecule has 0 saturated carbocycles. The third-order valence-electron chi connectivity index (χ3n) is 3.28. The molecule has 1 rings (SSSR count). The maximum atomic E-state index is 12.1. The number of carbonyl (C=O) groups excluding carboxylic acids is 1. The van der Waals surface area contributed by atoms with Gasteiger partial charge >= 0.3 is 0 Å². The second-order valence-electron chi connectivity index (χ2n) is 4.58. The van der Waals surface area contributed by atoms with E-state index in [-0.39, 0.29) is 12.0 Å². The SMILES string of the molecule is CCCC[C@@H](CC)C(=O)N1CC[C@@H](N)C1. The summed E-state index contributed by atoms with van der Waals surface area (Å²) in [7, 11) is 0. The monoisotopic (exact) mass is 212 g/mol. The molecule has 1 aliphatic rings. The lowest BCUT2D eigenvalue weighted by molar-refractivity contribution is -0.134. The van der Waals surface area contributed by atoms with Gasteiger partial charge in [0.05, 0.1) is 0 Å². The summed E-state index contributed by atoms with van der Waals surface area (Å²) in [6, 6.07) is 0.206. The highest BCUT2D eigenvalue weighted by atomic mass is 16.2. The quantitative estimate of drug-likeness (QED) is 0.755. The lowest BCUT2D eigenvalue weighted by Gasteiger charge is -2.22. The van der Waals surface area contributed by atoms with E-state index < -0.39 is 0 Å². The number of amides is 1. The van der Waals surface area contributed by atoms with Crippen LogP contribution in [0.5, 0.6) is 0 Å². The fourth-order valence-corrected chi connectivity index (χ4v) is 2.20. The fourth-order valence-electron chi connectivity index (χ4n) is 2.20. The second kappa shape index (κ2) is 6.11. The number of nitrogens with zero attached hydrogens (tertiary/aromatic N) is 1. The molecule has 1 saturated heterocycles. The number of likely N-dealkylation sites (tertiary alicyclic amines) is 1. The molecule has 15 heavy (non-hydrogen) atoms. The molecule has 1 fully saturated rings. The van der Waals surface area contributed by atoms with Crippen LogP contribution < -0.4 is 5.73 Å². The molecule has 0 radical (unpaired) electrons. The summed E-state index contributed by atoms with van der Waals surface area (Å²) in [5.41, 5.74) is 5.81. The minimum absolute atomic E-state index is 0.206. The first-order valence-corrected chi connectivity index (χ1v) is 6.23. The summed E-state index contributed by atoms with van der Waals surface area (Å²) in [6.07, 6.45) is 5.30. The maximum absolute atomic E-state index is 12.1. The van der Waals surface area contributed by atoms with Gasteiger partial charge in [-0.1, -0.05) is 26.7 Å². The van der Waals surface area contributed by atoms with E-state index in [9.17, 15) is 4.79 Å². The maximum Gasteiger partial charge on any atom is 0.225 e. The van der Waals surface area contributed by atoms with Crippen molar-refractivity contribution in [1.29, 1.82) is 0 Å². The summed E-state index contributed by atoms with van der Waals surface area (Å²) in [5.74, 6) is 0.564. The minimum Gasteiger partial charge on any atom is -0.341 e. The van der Waals surface area contributed by atoms with Gasteiger partial charge in [0.25, 0.3) is 0 Å². The van der Waals surface area contributed by atoms with E-state index in [0.717, 1.165) is 38.8 Å². The van der Waals surface area contributed by atoms with Crippen LogP contribution in [0.2, 0.25) is 0 Å². The second-order valence-corrected chi connectivity index (χ2v) is 4.58. The van der Waals surface area contributed by atoms with Crippen molar-refractivity contribution in [3.63, 3.8) is 0 Å². The highest BCUT2D eigenvalue weighted by Crippen LogP contribution is 2.18. The van der Waals surface area contributed by atoms with Crippen LogP contribution in [-0.4, -0.2) is 29.9 Å². The van der Waals surface area contributed by atoms with Crippen LogP contribution in [-0.2, 0) is 4.79 Å². The van der Waals surface area contributed by atoms with Crippen LogP contribution in [0.4, 0.5) is 0 Å². The Bertz CT molecular complexity index is 206. The average Bonchev–Trinajstić information content (AvgIpc) is 2.65. The lowest BCUT2D eigenvalue weighted by atomic mass is 9.98. The van der Waals surface area contributed by atoms with E-state index in [1.807, 2.05) is 4.90 Å². The molecule has 3 nitrogen and oxygen atoms in total. The van der Waals surface area contributed by atoms with Crippen molar-refractivity contribution in [1.82, 2.24) is 4.90 Å². The molecule has 0 aromatic rings. The van der Waals surface area contributed by atoms with Crippen molar-refractivity contribution in [3.05, 3.63) is 0 Å². The summed E-state index contributed by atoms with van der Waals surface area (Å²) >= 11 is 0. The predicted octanol–water partition coefficient (Wildman–Crippen LogP) is 1.76. The van der Waals surface area contributed by atoms with Crippen molar-refractivity contribution >= 4 is 5.91 Å². The van der Waals surface area contributed by atoms with Gasteiger partial charge in [-0.15, -0.1) is 0 Å². The Kier molecular flexibility index (Phi) is 5.09. The van der Waals surface area contributed by atoms with Crippen molar-refractivity contribution < 1.29 is 4.79 Å². The van der Waals surface area contributed by atoms with Crippen molar-refractivity contribution in [2.45, 2.75) is 52.0 Å². The number of carbonyl (C=O) groups is 1. The molecule has 0 spiro atoms. The standard InChI is InChI=1S/C12H24N2O/c1-3-5-6-10(4-2)12(15)14-8-7-11(13)9-14/h10-11H,3-9,13H2,1-2H3/t10-,11-/m1/s1. The Hall–Kier alpha value is -0.570. The molecular formula is C12H24N2O. The van der Waals surface area contributed by atoms with Crippen LogP contribution in [0.3, 0.4) is 0 Å². The summed E-state index contributed by atoms with van der Waals surface area (Å²) in [6.45, 7) is 5.90. The predicted molar refractivity (Wildman–Crippen MR) is 62.5 cm³/mol. The summed E-state index contributed by atoms with van der Waals surface area (Å²) in [5, 5.41) is 0. The van der Waals surface area contributed by atoms with Gasteiger partial charge in [0, 0.05) is 25.0 Å². The van der Waals surface area contributed by atoms with E-state index >= 15 is 0 Å². The van der Waals surface area contributed by atoms with Crippen molar-refractivity contribution in [3.8, 4) is 0 Å². The Balaban J connectivity index is 2.42. The molecule has 3 heteroatoms. The first-order valence-electron chi connectivity index (χ1n) is 6.23. The van der Waals surface area contributed by atoms with Crippen LogP contribution in [0.25, 0.3) is 0 Å². The Morgan fingerprint density at radius 1 is 1.53 bits per heavy atom. The molecular weight excluding hydrogens is 188 g/mol. The van der Waals surface area contributed by atoms with Crippen molar-refractivity contribution in [2.24, 2.45) is 11.7 Å². The first kappa shape index (κ1) is 12.5. The molecule has 88 valence electrons. The number of hydrogen-bond acceptors (Lipinski definition) is 2. The largest absolute Gasteiger partial charge is 0.341 e. The minimum atomic E-state index is 0.206. The zero-order valence-corrected chi connectivity index (χ0v) is 10.0. The molecule has 1 amide bonds. The van der Waals surface area contributed by atoms with E-state index in [0.29, 0.717) is 5.91 Å². The van der Waals surface area contributed by atoms with E-state index in [1.165, 1.54) is 6.42 Å². The Morgan fingerprint density at radius 2 is 2.27 bits per heavy atom. The highest BCUT2D eigenvalue weighted by Gasteiger charge is 2.27. The van der Waals surface area contributed by atoms with Crippen LogP contribution in [0.1, 0.15) is 46.0 Å². The number of unbranched alkanes of at least 4 members (excludes halogenated alkanes) is 1. The van der Waals surface area contributed by atoms with E-state index in [4.69, 9.17) is 5.73 Å². The van der Waals surface area contributed by atoms with E-state index in [2.05, 4.69) is 13.8 Å². The molecule has 0 aromatic carbocycles. The smallest absolute Gasteiger partial charge is 0.225 e. The van der Waals surface area contributed by atoms with Gasteiger partial charge in [-0.2, -0.15) is 0 Å². The molecule has 0 unspecified atom stereocenters. The van der Waals surface area contributed by atoms with Gasteiger partial charge in [-0.05, 0) is 19.3 Å². The van der Waals surface area contributed by atoms with Crippen LogP contribution >= 0.6 is 0 Å². The molecule has 2 N–H and O–H groups in total. The van der Waals surface area contributed by atoms with E-state index in [1.54, 1.807) is 0 Å². The molecule has 0 aliphatic carbocycles. The molecule has 1 heterocycles. The normalized spacial score (nSPS) is 23.1. The fraction of sp³-hybridized carbons (Fsp3) is 0.917. The van der Waals surface area contributed by atoms with Crippen LogP contribution in [0.15, 0.2) is 0 Å². The third-order valence-corrected chi connectivity index (χ3v) is 3.28. The lowest BCUT2D eigenvalue weighted by Crippen LogP contribution is -2.36. The van der Waals surface area contributed by atoms with Crippen LogP contribution in [0, 0.1) is 5.92 Å². The van der Waals surface area contributed by atoms with Gasteiger partial charge in [0.1, 0.15) is 0 Å². The summed E-state index contributed by atoms with van der Waals surface area (Å²) in [4.78, 5) is 14.1. The van der Waals surface area contributed by atoms with Gasteiger partial charge in [-0.25, -0.2) is 0 Å². The van der Waals surface area contributed by atoms with Gasteiger partial charge in [0.2, 0.25) is 5.91 Å². The zero-order chi connectivity index (χ0) is 11.3.